The second kappa shape index (κ2) is 5.32. The van der Waals surface area contributed by atoms with Crippen LogP contribution in [0, 0.1) is 11.3 Å². The van der Waals surface area contributed by atoms with Crippen molar-refractivity contribution in [2.45, 2.75) is 0 Å². The van der Waals surface area contributed by atoms with Crippen LogP contribution in [0.4, 0.5) is 0 Å². The molecule has 0 saturated carbocycles. The van der Waals surface area contributed by atoms with Crippen LogP contribution in [-0.4, -0.2) is 37.1 Å². The van der Waals surface area contributed by atoms with Gasteiger partial charge in [0.15, 0.2) is 0 Å². The van der Waals surface area contributed by atoms with Crippen LogP contribution in [0.3, 0.4) is 0 Å². The summed E-state index contributed by atoms with van der Waals surface area (Å²) in [7, 11) is 0. The van der Waals surface area contributed by atoms with Crippen LogP contribution < -0.4 is 0 Å². The second-order valence-electron chi connectivity index (χ2n) is 3.59. The van der Waals surface area contributed by atoms with Gasteiger partial charge in [-0.3, -0.25) is 4.79 Å². The molecule has 1 saturated heterocycles. The van der Waals surface area contributed by atoms with Crippen molar-refractivity contribution in [1.82, 2.24) is 4.90 Å². The van der Waals surface area contributed by atoms with Gasteiger partial charge in [0.25, 0.3) is 5.91 Å². The summed E-state index contributed by atoms with van der Waals surface area (Å²) in [6.45, 7) is 2.09. The highest BCUT2D eigenvalue weighted by Gasteiger charge is 2.20. The molecule has 0 bridgehead atoms. The first kappa shape index (κ1) is 11.4. The molecule has 0 atom stereocenters. The lowest BCUT2D eigenvalue weighted by Gasteiger charge is -2.26. The zero-order valence-corrected chi connectivity index (χ0v) is 9.26. The van der Waals surface area contributed by atoms with E-state index in [0.717, 1.165) is 0 Å². The molecule has 1 aromatic heterocycles. The SMILES string of the molecule is N#CC(=Cc1ccco1)C(=O)N1CCOCC1. The lowest BCUT2D eigenvalue weighted by Crippen LogP contribution is -2.41. The van der Waals surface area contributed by atoms with E-state index in [-0.39, 0.29) is 11.5 Å². The van der Waals surface area contributed by atoms with E-state index in [9.17, 15) is 4.79 Å². The van der Waals surface area contributed by atoms with E-state index in [1.165, 1.54) is 12.3 Å². The molecule has 2 rings (SSSR count). The van der Waals surface area contributed by atoms with E-state index in [0.29, 0.717) is 32.1 Å². The van der Waals surface area contributed by atoms with Gasteiger partial charge in [-0.1, -0.05) is 0 Å². The van der Waals surface area contributed by atoms with Crippen LogP contribution in [-0.2, 0) is 9.53 Å². The Kier molecular flexibility index (Phi) is 3.58. The van der Waals surface area contributed by atoms with Crippen molar-refractivity contribution in [2.24, 2.45) is 0 Å². The van der Waals surface area contributed by atoms with E-state index in [2.05, 4.69) is 0 Å². The van der Waals surface area contributed by atoms with Gasteiger partial charge in [0, 0.05) is 19.2 Å². The predicted molar refractivity (Wildman–Crippen MR) is 59.7 cm³/mol. The molecule has 2 heterocycles. The number of hydrogen-bond donors (Lipinski definition) is 0. The third kappa shape index (κ3) is 2.74. The molecule has 0 N–H and O–H groups in total. The Balaban J connectivity index is 2.13. The summed E-state index contributed by atoms with van der Waals surface area (Å²) in [5, 5.41) is 8.99. The number of morpholine rings is 1. The number of ether oxygens (including phenoxy) is 1. The molecule has 1 aromatic rings. The molecule has 0 unspecified atom stereocenters. The Morgan fingerprint density at radius 2 is 2.24 bits per heavy atom. The Morgan fingerprint density at radius 1 is 1.47 bits per heavy atom. The minimum absolute atomic E-state index is 0.0850. The standard InChI is InChI=1S/C12H12N2O3/c13-9-10(8-11-2-1-5-17-11)12(15)14-3-6-16-7-4-14/h1-2,5,8H,3-4,6-7H2. The van der Waals surface area contributed by atoms with Gasteiger partial charge in [-0.25, -0.2) is 0 Å². The maximum Gasteiger partial charge on any atom is 0.264 e. The van der Waals surface area contributed by atoms with Gasteiger partial charge in [-0.05, 0) is 12.1 Å². The summed E-state index contributed by atoms with van der Waals surface area (Å²) in [6.07, 6.45) is 2.96. The molecule has 5 heteroatoms. The molecule has 1 amide bonds. The summed E-state index contributed by atoms with van der Waals surface area (Å²) in [6, 6.07) is 5.31. The minimum Gasteiger partial charge on any atom is -0.465 e. The van der Waals surface area contributed by atoms with Gasteiger partial charge < -0.3 is 14.1 Å². The first-order chi connectivity index (χ1) is 8.31. The highest BCUT2D eigenvalue weighted by molar-refractivity contribution is 6.01. The van der Waals surface area contributed by atoms with Crippen LogP contribution >= 0.6 is 0 Å². The average molecular weight is 232 g/mol. The summed E-state index contributed by atoms with van der Waals surface area (Å²) < 4.78 is 10.2. The zero-order valence-electron chi connectivity index (χ0n) is 9.26. The number of nitrogens with zero attached hydrogens (tertiary/aromatic N) is 2. The van der Waals surface area contributed by atoms with Crippen molar-refractivity contribution >= 4 is 12.0 Å². The van der Waals surface area contributed by atoms with Crippen molar-refractivity contribution in [1.29, 1.82) is 5.26 Å². The largest absolute Gasteiger partial charge is 0.465 e. The molecule has 0 radical (unpaired) electrons. The highest BCUT2D eigenvalue weighted by Crippen LogP contribution is 2.10. The third-order valence-electron chi connectivity index (χ3n) is 2.48. The van der Waals surface area contributed by atoms with Crippen LogP contribution in [0.15, 0.2) is 28.4 Å². The van der Waals surface area contributed by atoms with Gasteiger partial charge in [-0.2, -0.15) is 5.26 Å². The maximum absolute atomic E-state index is 12.0. The fourth-order valence-corrected chi connectivity index (χ4v) is 1.59. The van der Waals surface area contributed by atoms with Gasteiger partial charge in [0.2, 0.25) is 0 Å². The van der Waals surface area contributed by atoms with E-state index in [1.54, 1.807) is 17.0 Å². The number of rotatable bonds is 2. The summed E-state index contributed by atoms with van der Waals surface area (Å²) in [5.74, 6) is 0.232. The van der Waals surface area contributed by atoms with Crippen LogP contribution in [0.2, 0.25) is 0 Å². The van der Waals surface area contributed by atoms with Gasteiger partial charge in [-0.15, -0.1) is 0 Å². The van der Waals surface area contributed by atoms with Crippen molar-refractivity contribution in [3.8, 4) is 6.07 Å². The lowest BCUT2D eigenvalue weighted by molar-refractivity contribution is -0.130. The number of carbonyl (C=O) groups excluding carboxylic acids is 1. The first-order valence-electron chi connectivity index (χ1n) is 5.33. The summed E-state index contributed by atoms with van der Waals surface area (Å²) >= 11 is 0. The van der Waals surface area contributed by atoms with E-state index in [4.69, 9.17) is 14.4 Å². The van der Waals surface area contributed by atoms with Gasteiger partial charge in [0.05, 0.1) is 19.5 Å². The predicted octanol–water partition coefficient (Wildman–Crippen LogP) is 1.05. The Morgan fingerprint density at radius 3 is 2.82 bits per heavy atom. The molecule has 0 aromatic carbocycles. The highest BCUT2D eigenvalue weighted by atomic mass is 16.5. The monoisotopic (exact) mass is 232 g/mol. The Bertz CT molecular complexity index is 451. The van der Waals surface area contributed by atoms with Crippen molar-refractivity contribution < 1.29 is 13.9 Å². The lowest BCUT2D eigenvalue weighted by atomic mass is 10.2. The molecule has 88 valence electrons. The Hall–Kier alpha value is -2.06. The molecule has 0 aliphatic carbocycles. The number of furan rings is 1. The minimum atomic E-state index is -0.271. The summed E-state index contributed by atoms with van der Waals surface area (Å²) in [4.78, 5) is 13.6. The molecule has 1 fully saturated rings. The molecular formula is C12H12N2O3. The number of carbonyl (C=O) groups is 1. The molecule has 1 aliphatic rings. The van der Waals surface area contributed by atoms with Crippen molar-refractivity contribution in [3.05, 3.63) is 29.7 Å². The van der Waals surface area contributed by atoms with Crippen LogP contribution in [0.5, 0.6) is 0 Å². The quantitative estimate of drug-likeness (QED) is 0.564. The Labute approximate surface area is 98.9 Å². The maximum atomic E-state index is 12.0. The fraction of sp³-hybridized carbons (Fsp3) is 0.333. The van der Waals surface area contributed by atoms with Crippen molar-refractivity contribution in [2.75, 3.05) is 26.3 Å². The average Bonchev–Trinajstić information content (AvgIpc) is 2.89. The van der Waals surface area contributed by atoms with Crippen LogP contribution in [0.1, 0.15) is 5.76 Å². The molecular weight excluding hydrogens is 220 g/mol. The first-order valence-corrected chi connectivity index (χ1v) is 5.33. The normalized spacial score (nSPS) is 16.6. The van der Waals surface area contributed by atoms with Gasteiger partial charge in [0.1, 0.15) is 17.4 Å². The molecule has 5 nitrogen and oxygen atoms in total. The molecule has 0 spiro atoms. The molecule has 17 heavy (non-hydrogen) atoms. The van der Waals surface area contributed by atoms with E-state index >= 15 is 0 Å². The number of nitriles is 1. The van der Waals surface area contributed by atoms with E-state index < -0.39 is 0 Å². The number of hydrogen-bond acceptors (Lipinski definition) is 4. The summed E-state index contributed by atoms with van der Waals surface area (Å²) in [5.41, 5.74) is 0.0850. The van der Waals surface area contributed by atoms with Crippen molar-refractivity contribution in [3.63, 3.8) is 0 Å². The van der Waals surface area contributed by atoms with E-state index in [1.807, 2.05) is 6.07 Å². The number of amides is 1. The van der Waals surface area contributed by atoms with Gasteiger partial charge >= 0.3 is 0 Å². The molecule has 1 aliphatic heterocycles. The van der Waals surface area contributed by atoms with Crippen LogP contribution in [0.25, 0.3) is 6.08 Å². The fourth-order valence-electron chi connectivity index (χ4n) is 1.59. The topological polar surface area (TPSA) is 66.5 Å². The zero-order chi connectivity index (χ0) is 12.1. The second-order valence-corrected chi connectivity index (χ2v) is 3.59. The third-order valence-corrected chi connectivity index (χ3v) is 2.48. The smallest absolute Gasteiger partial charge is 0.264 e.